The van der Waals surface area contributed by atoms with Gasteiger partial charge in [0.05, 0.1) is 18.6 Å². The zero-order valence-electron chi connectivity index (χ0n) is 9.48. The van der Waals surface area contributed by atoms with E-state index in [2.05, 4.69) is 15.5 Å². The normalized spacial score (nSPS) is 10.3. The third-order valence-electron chi connectivity index (χ3n) is 2.32. The highest BCUT2D eigenvalue weighted by Crippen LogP contribution is 2.27. The fourth-order valence-electron chi connectivity index (χ4n) is 1.48. The second kappa shape index (κ2) is 4.75. The lowest BCUT2D eigenvalue weighted by molar-refractivity contribution is -0.384. The highest BCUT2D eigenvalue weighted by Gasteiger charge is 2.16. The quantitative estimate of drug-likeness (QED) is 0.600. The largest absolute Gasteiger partial charge is 0.494 e. The van der Waals surface area contributed by atoms with Crippen molar-refractivity contribution in [1.82, 2.24) is 20.2 Å². The van der Waals surface area contributed by atoms with Crippen LogP contribution in [-0.4, -0.2) is 32.2 Å². The molecule has 0 fully saturated rings. The fraction of sp³-hybridized carbons (Fsp3) is 0.222. The Morgan fingerprint density at radius 1 is 1.56 bits per heavy atom. The molecule has 18 heavy (non-hydrogen) atoms. The van der Waals surface area contributed by atoms with Crippen molar-refractivity contribution in [2.75, 3.05) is 7.11 Å². The van der Waals surface area contributed by atoms with Gasteiger partial charge < -0.3 is 10.5 Å². The second-order valence-corrected chi connectivity index (χ2v) is 3.32. The van der Waals surface area contributed by atoms with E-state index in [0.717, 1.165) is 0 Å². The summed E-state index contributed by atoms with van der Waals surface area (Å²) in [5.41, 5.74) is 5.78. The highest BCUT2D eigenvalue weighted by atomic mass is 16.6. The van der Waals surface area contributed by atoms with Crippen molar-refractivity contribution in [1.29, 1.82) is 0 Å². The van der Waals surface area contributed by atoms with Crippen LogP contribution in [-0.2, 0) is 6.54 Å². The van der Waals surface area contributed by atoms with E-state index in [4.69, 9.17) is 10.5 Å². The van der Waals surface area contributed by atoms with Gasteiger partial charge in [0, 0.05) is 12.1 Å². The Hall–Kier alpha value is -2.55. The molecular formula is C9H10N6O3. The van der Waals surface area contributed by atoms with Gasteiger partial charge in [0.15, 0.2) is 5.82 Å². The lowest BCUT2D eigenvalue weighted by Gasteiger charge is -2.08. The molecule has 1 aromatic heterocycles. The summed E-state index contributed by atoms with van der Waals surface area (Å²) < 4.78 is 6.43. The number of methoxy groups -OCH3 is 1. The minimum atomic E-state index is -0.505. The second-order valence-electron chi connectivity index (χ2n) is 3.32. The molecule has 0 bridgehead atoms. The van der Waals surface area contributed by atoms with Gasteiger partial charge in [0.25, 0.3) is 5.69 Å². The molecule has 0 saturated carbocycles. The molecule has 0 aliphatic heterocycles. The molecule has 9 nitrogen and oxygen atoms in total. The average molecular weight is 250 g/mol. The molecule has 0 saturated heterocycles. The molecule has 0 unspecified atom stereocenters. The Morgan fingerprint density at radius 2 is 2.33 bits per heavy atom. The number of nitrogens with zero attached hydrogens (tertiary/aromatic N) is 5. The van der Waals surface area contributed by atoms with E-state index in [1.54, 1.807) is 0 Å². The zero-order valence-corrected chi connectivity index (χ0v) is 9.48. The first kappa shape index (κ1) is 11.9. The number of aromatic nitrogens is 4. The van der Waals surface area contributed by atoms with Crippen LogP contribution in [0.2, 0.25) is 0 Å². The van der Waals surface area contributed by atoms with Crippen LogP contribution in [0.1, 0.15) is 5.82 Å². The Kier molecular flexibility index (Phi) is 3.15. The molecule has 0 aliphatic carbocycles. The number of rotatable bonds is 4. The predicted molar refractivity (Wildman–Crippen MR) is 60.3 cm³/mol. The Bertz CT molecular complexity index is 581. The maximum Gasteiger partial charge on any atom is 0.271 e. The van der Waals surface area contributed by atoms with Crippen molar-refractivity contribution >= 4 is 5.69 Å². The minimum absolute atomic E-state index is 0.0794. The van der Waals surface area contributed by atoms with E-state index in [1.165, 1.54) is 30.0 Å². The molecule has 94 valence electrons. The van der Waals surface area contributed by atoms with Gasteiger partial charge in [-0.2, -0.15) is 4.68 Å². The summed E-state index contributed by atoms with van der Waals surface area (Å²) in [6.45, 7) is 0.110. The molecule has 0 aliphatic rings. The summed E-state index contributed by atoms with van der Waals surface area (Å²) in [6.07, 6.45) is 0. The topological polar surface area (TPSA) is 122 Å². The molecule has 2 aromatic rings. The van der Waals surface area contributed by atoms with Gasteiger partial charge in [-0.05, 0) is 16.5 Å². The summed E-state index contributed by atoms with van der Waals surface area (Å²) >= 11 is 0. The van der Waals surface area contributed by atoms with E-state index in [0.29, 0.717) is 17.3 Å². The first-order valence-electron chi connectivity index (χ1n) is 4.97. The molecule has 0 amide bonds. The van der Waals surface area contributed by atoms with Crippen molar-refractivity contribution in [2.45, 2.75) is 6.54 Å². The van der Waals surface area contributed by atoms with Gasteiger partial charge in [-0.1, -0.05) is 0 Å². The molecule has 9 heteroatoms. The van der Waals surface area contributed by atoms with Crippen LogP contribution in [0.4, 0.5) is 5.69 Å². The maximum atomic E-state index is 10.8. The summed E-state index contributed by atoms with van der Waals surface area (Å²) in [7, 11) is 1.46. The summed E-state index contributed by atoms with van der Waals surface area (Å²) in [5, 5.41) is 21.7. The van der Waals surface area contributed by atoms with E-state index < -0.39 is 4.92 Å². The fourth-order valence-corrected chi connectivity index (χ4v) is 1.48. The third kappa shape index (κ3) is 1.98. The number of nitro groups is 1. The first-order valence-corrected chi connectivity index (χ1v) is 4.97. The van der Waals surface area contributed by atoms with Crippen LogP contribution in [0.25, 0.3) is 5.69 Å². The Labute approximate surface area is 101 Å². The highest BCUT2D eigenvalue weighted by molar-refractivity contribution is 5.53. The summed E-state index contributed by atoms with van der Waals surface area (Å²) in [4.78, 5) is 10.3. The lowest BCUT2D eigenvalue weighted by Crippen LogP contribution is -2.09. The molecule has 0 atom stereocenters. The van der Waals surface area contributed by atoms with Gasteiger partial charge in [0.1, 0.15) is 11.4 Å². The van der Waals surface area contributed by atoms with Crippen LogP contribution < -0.4 is 10.5 Å². The summed E-state index contributed by atoms with van der Waals surface area (Å²) in [6, 6.07) is 4.15. The molecule has 2 N–H and O–H groups in total. The Morgan fingerprint density at radius 3 is 2.94 bits per heavy atom. The number of hydrogen-bond acceptors (Lipinski definition) is 7. The average Bonchev–Trinajstić information content (AvgIpc) is 2.85. The molecular weight excluding hydrogens is 240 g/mol. The van der Waals surface area contributed by atoms with E-state index in [1.807, 2.05) is 0 Å². The maximum absolute atomic E-state index is 10.8. The van der Waals surface area contributed by atoms with Crippen molar-refractivity contribution in [3.05, 3.63) is 34.1 Å². The van der Waals surface area contributed by atoms with Gasteiger partial charge in [-0.3, -0.25) is 10.1 Å². The van der Waals surface area contributed by atoms with E-state index in [9.17, 15) is 10.1 Å². The molecule has 1 aromatic carbocycles. The number of nitrogens with two attached hydrogens (primary N) is 1. The number of non-ortho nitro benzene ring substituents is 1. The van der Waals surface area contributed by atoms with Gasteiger partial charge in [-0.15, -0.1) is 5.10 Å². The minimum Gasteiger partial charge on any atom is -0.494 e. The van der Waals surface area contributed by atoms with Crippen LogP contribution in [0.15, 0.2) is 18.2 Å². The van der Waals surface area contributed by atoms with Crippen molar-refractivity contribution < 1.29 is 9.66 Å². The standard InChI is InChI=1S/C9H10N6O3/c1-18-8-3-2-6(15(16)17)4-7(8)14-9(5-10)11-12-13-14/h2-4H,5,10H2,1H3. The number of nitro benzene ring substituents is 1. The van der Waals surface area contributed by atoms with Gasteiger partial charge >= 0.3 is 0 Å². The Balaban J connectivity index is 2.60. The number of ether oxygens (including phenoxy) is 1. The number of tetrazole rings is 1. The van der Waals surface area contributed by atoms with E-state index >= 15 is 0 Å². The van der Waals surface area contributed by atoms with Crippen molar-refractivity contribution in [2.24, 2.45) is 5.73 Å². The van der Waals surface area contributed by atoms with E-state index in [-0.39, 0.29) is 12.2 Å². The lowest BCUT2D eigenvalue weighted by atomic mass is 10.2. The first-order chi connectivity index (χ1) is 8.67. The molecule has 2 rings (SSSR count). The van der Waals surface area contributed by atoms with Crippen molar-refractivity contribution in [3.8, 4) is 11.4 Å². The third-order valence-corrected chi connectivity index (χ3v) is 2.32. The number of benzene rings is 1. The van der Waals surface area contributed by atoms with Crippen LogP contribution in [0.5, 0.6) is 5.75 Å². The van der Waals surface area contributed by atoms with Crippen LogP contribution in [0, 0.1) is 10.1 Å². The van der Waals surface area contributed by atoms with Gasteiger partial charge in [0.2, 0.25) is 0 Å². The molecule has 0 spiro atoms. The molecule has 0 radical (unpaired) electrons. The van der Waals surface area contributed by atoms with Crippen LogP contribution >= 0.6 is 0 Å². The SMILES string of the molecule is COc1ccc([N+](=O)[O-])cc1-n1nnnc1CN. The van der Waals surface area contributed by atoms with Gasteiger partial charge in [-0.25, -0.2) is 0 Å². The number of hydrogen-bond donors (Lipinski definition) is 1. The smallest absolute Gasteiger partial charge is 0.271 e. The predicted octanol–water partition coefficient (Wildman–Crippen LogP) is 0.0378. The van der Waals surface area contributed by atoms with Crippen molar-refractivity contribution in [3.63, 3.8) is 0 Å². The monoisotopic (exact) mass is 250 g/mol. The zero-order chi connectivity index (χ0) is 13.1. The molecule has 1 heterocycles. The van der Waals surface area contributed by atoms with Crippen LogP contribution in [0.3, 0.4) is 0 Å². The summed E-state index contributed by atoms with van der Waals surface area (Å²) in [5.74, 6) is 0.802.